The van der Waals surface area contributed by atoms with E-state index >= 15 is 0 Å². The van der Waals surface area contributed by atoms with Crippen LogP contribution in [0.25, 0.3) is 0 Å². The second-order valence-corrected chi connectivity index (χ2v) is 9.88. The van der Waals surface area contributed by atoms with Gasteiger partial charge in [0.2, 0.25) is 5.91 Å². The summed E-state index contributed by atoms with van der Waals surface area (Å²) in [6.07, 6.45) is 5.81. The lowest BCUT2D eigenvalue weighted by molar-refractivity contribution is -0.140. The summed E-state index contributed by atoms with van der Waals surface area (Å²) >= 11 is 1.41. The number of allylic oxidation sites excluding steroid dienone is 3. The van der Waals surface area contributed by atoms with Crippen LogP contribution in [0, 0.1) is 5.92 Å². The second-order valence-electron chi connectivity index (χ2n) is 8.62. The van der Waals surface area contributed by atoms with Crippen LogP contribution in [-0.4, -0.2) is 28.2 Å². The normalized spacial score (nSPS) is 33.2. The smallest absolute Gasteiger partial charge is 0.247 e. The molecule has 4 nitrogen and oxygen atoms in total. The number of hydrogen-bond donors (Lipinski definition) is 1. The number of benzene rings is 1. The van der Waals surface area contributed by atoms with E-state index < -0.39 is 16.9 Å². The van der Waals surface area contributed by atoms with Crippen molar-refractivity contribution in [1.29, 1.82) is 0 Å². The number of rotatable bonds is 2. The van der Waals surface area contributed by atoms with Gasteiger partial charge >= 0.3 is 0 Å². The molecule has 1 aromatic carbocycles. The van der Waals surface area contributed by atoms with Crippen molar-refractivity contribution in [3.63, 3.8) is 0 Å². The van der Waals surface area contributed by atoms with Gasteiger partial charge in [-0.3, -0.25) is 4.79 Å². The van der Waals surface area contributed by atoms with Gasteiger partial charge in [0.1, 0.15) is 21.9 Å². The standard InChI is InChI=1S/C23H25F2N3OS/c24-16-7-10-20(25)18(13-16)21-27-28(22(29)15-5-8-17(26)9-6-15)23(30-21)12-11-14-3-1-2-4-19(14)23/h1-4,7,10,15-17H,5-6,8-9,11-13,26H2. The summed E-state index contributed by atoms with van der Waals surface area (Å²) < 4.78 is 28.6. The fraction of sp³-hybridized carbons (Fsp3) is 0.478. The van der Waals surface area contributed by atoms with Crippen LogP contribution in [0.5, 0.6) is 0 Å². The zero-order chi connectivity index (χ0) is 20.9. The summed E-state index contributed by atoms with van der Waals surface area (Å²) in [5, 5.41) is 6.69. The lowest BCUT2D eigenvalue weighted by Crippen LogP contribution is -2.44. The summed E-state index contributed by atoms with van der Waals surface area (Å²) in [4.78, 5) is 12.9. The first-order valence-corrected chi connectivity index (χ1v) is 11.5. The van der Waals surface area contributed by atoms with Crippen molar-refractivity contribution >= 4 is 22.7 Å². The van der Waals surface area contributed by atoms with Crippen molar-refractivity contribution < 1.29 is 13.6 Å². The number of fused-ring (bicyclic) bond motifs is 2. The van der Waals surface area contributed by atoms with Gasteiger partial charge in [0.25, 0.3) is 0 Å². The zero-order valence-corrected chi connectivity index (χ0v) is 17.5. The Hall–Kier alpha value is -1.99. The molecule has 7 heteroatoms. The number of alkyl halides is 1. The van der Waals surface area contributed by atoms with E-state index in [1.807, 2.05) is 18.2 Å². The highest BCUT2D eigenvalue weighted by Crippen LogP contribution is 2.56. The van der Waals surface area contributed by atoms with E-state index in [1.54, 1.807) is 5.01 Å². The molecule has 1 aromatic rings. The Morgan fingerprint density at radius 3 is 2.80 bits per heavy atom. The number of thioether (sulfide) groups is 1. The molecule has 30 heavy (non-hydrogen) atoms. The molecule has 1 aliphatic heterocycles. The third-order valence-electron chi connectivity index (χ3n) is 6.70. The molecular formula is C23H25F2N3OS. The van der Waals surface area contributed by atoms with Crippen LogP contribution in [0.2, 0.25) is 0 Å². The molecule has 5 rings (SSSR count). The molecule has 2 atom stereocenters. The molecule has 1 heterocycles. The maximum atomic E-state index is 14.6. The predicted molar refractivity (Wildman–Crippen MR) is 115 cm³/mol. The first-order chi connectivity index (χ1) is 14.5. The van der Waals surface area contributed by atoms with Gasteiger partial charge in [0.05, 0.1) is 0 Å². The van der Waals surface area contributed by atoms with Crippen LogP contribution in [0.3, 0.4) is 0 Å². The van der Waals surface area contributed by atoms with Crippen molar-refractivity contribution in [3.05, 3.63) is 58.9 Å². The Labute approximate surface area is 179 Å². The molecule has 1 fully saturated rings. The van der Waals surface area contributed by atoms with Gasteiger partial charge in [-0.25, -0.2) is 13.8 Å². The zero-order valence-electron chi connectivity index (χ0n) is 16.7. The topological polar surface area (TPSA) is 58.7 Å². The fourth-order valence-electron chi connectivity index (χ4n) is 5.01. The summed E-state index contributed by atoms with van der Waals surface area (Å²) in [6.45, 7) is 0. The molecule has 1 saturated carbocycles. The lowest BCUT2D eigenvalue weighted by Gasteiger charge is -2.36. The molecule has 0 aromatic heterocycles. The van der Waals surface area contributed by atoms with E-state index in [2.05, 4.69) is 11.2 Å². The average molecular weight is 430 g/mol. The number of hydrogen-bond acceptors (Lipinski definition) is 4. The number of hydrazone groups is 1. The number of halogens is 2. The maximum Gasteiger partial charge on any atom is 0.247 e. The summed E-state index contributed by atoms with van der Waals surface area (Å²) in [6, 6.07) is 8.22. The average Bonchev–Trinajstić information content (AvgIpc) is 3.32. The molecule has 158 valence electrons. The van der Waals surface area contributed by atoms with E-state index in [0.717, 1.165) is 37.7 Å². The molecule has 1 spiro atoms. The van der Waals surface area contributed by atoms with Crippen molar-refractivity contribution in [2.24, 2.45) is 16.8 Å². The van der Waals surface area contributed by atoms with Crippen LogP contribution in [0.4, 0.5) is 8.78 Å². The molecule has 3 aliphatic carbocycles. The Morgan fingerprint density at radius 1 is 1.23 bits per heavy atom. The first kappa shape index (κ1) is 19.9. The van der Waals surface area contributed by atoms with Gasteiger partial charge in [-0.2, -0.15) is 5.10 Å². The SMILES string of the molecule is NC1CCC(C(=O)N2N=C(C3=C(F)C=CC(F)C3)SC23CCc2ccccc23)CC1. The van der Waals surface area contributed by atoms with Crippen LogP contribution in [-0.2, 0) is 16.1 Å². The van der Waals surface area contributed by atoms with Crippen LogP contribution < -0.4 is 5.73 Å². The second kappa shape index (κ2) is 7.61. The van der Waals surface area contributed by atoms with E-state index in [1.165, 1.54) is 29.5 Å². The molecule has 1 amide bonds. The predicted octanol–water partition coefficient (Wildman–Crippen LogP) is 4.71. The monoisotopic (exact) mass is 429 g/mol. The van der Waals surface area contributed by atoms with Crippen molar-refractivity contribution in [2.75, 3.05) is 0 Å². The van der Waals surface area contributed by atoms with Gasteiger partial charge in [-0.15, -0.1) is 0 Å². The minimum atomic E-state index is -1.24. The van der Waals surface area contributed by atoms with Gasteiger partial charge in [-0.1, -0.05) is 36.0 Å². The molecule has 4 aliphatic rings. The quantitative estimate of drug-likeness (QED) is 0.741. The highest BCUT2D eigenvalue weighted by molar-refractivity contribution is 8.15. The molecule has 2 N–H and O–H groups in total. The van der Waals surface area contributed by atoms with Gasteiger partial charge in [0.15, 0.2) is 0 Å². The highest BCUT2D eigenvalue weighted by atomic mass is 32.2. The Balaban J connectivity index is 1.54. The minimum absolute atomic E-state index is 0.0229. The minimum Gasteiger partial charge on any atom is -0.328 e. The summed E-state index contributed by atoms with van der Waals surface area (Å²) in [5.74, 6) is -0.614. The highest BCUT2D eigenvalue weighted by Gasteiger charge is 2.53. The van der Waals surface area contributed by atoms with Crippen LogP contribution in [0.15, 0.2) is 52.9 Å². The van der Waals surface area contributed by atoms with E-state index in [4.69, 9.17) is 5.73 Å². The largest absolute Gasteiger partial charge is 0.328 e. The Morgan fingerprint density at radius 2 is 2.00 bits per heavy atom. The number of carbonyl (C=O) groups is 1. The Kier molecular flexibility index (Phi) is 5.06. The third-order valence-corrected chi connectivity index (χ3v) is 8.15. The van der Waals surface area contributed by atoms with Gasteiger partial charge < -0.3 is 5.73 Å². The van der Waals surface area contributed by atoms with E-state index in [0.29, 0.717) is 11.5 Å². The van der Waals surface area contributed by atoms with Gasteiger partial charge in [-0.05, 0) is 61.8 Å². The summed E-state index contributed by atoms with van der Waals surface area (Å²) in [5.41, 5.74) is 8.54. The number of nitrogens with two attached hydrogens (primary N) is 1. The maximum absolute atomic E-state index is 14.6. The van der Waals surface area contributed by atoms with E-state index in [-0.39, 0.29) is 29.9 Å². The summed E-state index contributed by atoms with van der Waals surface area (Å²) in [7, 11) is 0. The van der Waals surface area contributed by atoms with E-state index in [9.17, 15) is 13.6 Å². The lowest BCUT2D eigenvalue weighted by atomic mass is 9.85. The van der Waals surface area contributed by atoms with Crippen LogP contribution in [0.1, 0.15) is 49.7 Å². The number of aryl methyl sites for hydroxylation is 1. The van der Waals surface area contributed by atoms with Crippen LogP contribution >= 0.6 is 11.8 Å². The number of nitrogens with zero attached hydrogens (tertiary/aromatic N) is 2. The van der Waals surface area contributed by atoms with Gasteiger partial charge in [0, 0.05) is 24.0 Å². The molecule has 0 radical (unpaired) electrons. The van der Waals surface area contributed by atoms with Crippen molar-refractivity contribution in [2.45, 2.75) is 62.0 Å². The first-order valence-electron chi connectivity index (χ1n) is 10.6. The van der Waals surface area contributed by atoms with Crippen molar-refractivity contribution in [1.82, 2.24) is 5.01 Å². The van der Waals surface area contributed by atoms with Crippen molar-refractivity contribution in [3.8, 4) is 0 Å². The number of amides is 1. The Bertz CT molecular complexity index is 967. The molecule has 0 bridgehead atoms. The fourth-order valence-corrected chi connectivity index (χ4v) is 6.48. The molecule has 0 saturated heterocycles. The number of carbonyl (C=O) groups excluding carboxylic acids is 1. The molecular weight excluding hydrogens is 404 g/mol. The molecule has 2 unspecified atom stereocenters. The third kappa shape index (κ3) is 3.23.